The van der Waals surface area contributed by atoms with Crippen LogP contribution in [0.15, 0.2) is 72.8 Å². The standard InChI is InChI=1S/C27H30N2O2/c1-20(2)16-17-28-27(30)23-7-5-9-25(19-23)29-24-8-4-6-22(18-24)11-10-21-12-14-26(31-3)15-13-21/h4-15,18-20,29H,16-17H2,1-3H3,(H,28,30)/b11-10+. The van der Waals surface area contributed by atoms with Crippen molar-refractivity contribution in [1.29, 1.82) is 0 Å². The number of ether oxygens (including phenoxy) is 1. The van der Waals surface area contributed by atoms with Gasteiger partial charge < -0.3 is 15.4 Å². The molecule has 4 heteroatoms. The van der Waals surface area contributed by atoms with Gasteiger partial charge in [-0.15, -0.1) is 0 Å². The van der Waals surface area contributed by atoms with Crippen LogP contribution in [0.2, 0.25) is 0 Å². The van der Waals surface area contributed by atoms with E-state index in [9.17, 15) is 4.79 Å². The molecule has 3 rings (SSSR count). The monoisotopic (exact) mass is 414 g/mol. The maximum absolute atomic E-state index is 12.4. The predicted molar refractivity (Wildman–Crippen MR) is 130 cm³/mol. The van der Waals surface area contributed by atoms with Crippen LogP contribution in [0.3, 0.4) is 0 Å². The van der Waals surface area contributed by atoms with Crippen LogP contribution in [0.25, 0.3) is 12.2 Å². The normalized spacial score (nSPS) is 11.0. The Balaban J connectivity index is 1.65. The molecule has 160 valence electrons. The lowest BCUT2D eigenvalue weighted by atomic mass is 10.1. The first kappa shape index (κ1) is 22.2. The van der Waals surface area contributed by atoms with Gasteiger partial charge in [-0.2, -0.15) is 0 Å². The number of rotatable bonds is 9. The molecular weight excluding hydrogens is 384 g/mol. The molecule has 0 aromatic heterocycles. The molecule has 0 aliphatic carbocycles. The van der Waals surface area contributed by atoms with Gasteiger partial charge in [0.1, 0.15) is 5.75 Å². The van der Waals surface area contributed by atoms with Crippen LogP contribution in [0.5, 0.6) is 5.75 Å². The van der Waals surface area contributed by atoms with Gasteiger partial charge in [0.25, 0.3) is 5.91 Å². The summed E-state index contributed by atoms with van der Waals surface area (Å²) in [5.74, 6) is 1.37. The summed E-state index contributed by atoms with van der Waals surface area (Å²) in [5.41, 5.74) is 4.70. The quantitative estimate of drug-likeness (QED) is 0.399. The summed E-state index contributed by atoms with van der Waals surface area (Å²) in [6.45, 7) is 4.99. The van der Waals surface area contributed by atoms with Crippen molar-refractivity contribution in [3.63, 3.8) is 0 Å². The van der Waals surface area contributed by atoms with Crippen molar-refractivity contribution in [1.82, 2.24) is 5.32 Å². The zero-order chi connectivity index (χ0) is 22.1. The average molecular weight is 415 g/mol. The molecular formula is C27H30N2O2. The lowest BCUT2D eigenvalue weighted by molar-refractivity contribution is 0.0952. The molecule has 0 aliphatic rings. The minimum atomic E-state index is -0.0412. The second kappa shape index (κ2) is 11.0. The summed E-state index contributed by atoms with van der Waals surface area (Å²) in [4.78, 5) is 12.4. The lowest BCUT2D eigenvalue weighted by Gasteiger charge is -2.10. The molecule has 0 heterocycles. The van der Waals surface area contributed by atoms with Crippen molar-refractivity contribution in [3.8, 4) is 5.75 Å². The van der Waals surface area contributed by atoms with E-state index in [0.717, 1.165) is 34.7 Å². The molecule has 0 spiro atoms. The Morgan fingerprint density at radius 2 is 1.58 bits per heavy atom. The molecule has 0 saturated carbocycles. The molecule has 0 saturated heterocycles. The molecule has 0 bridgehead atoms. The SMILES string of the molecule is COc1ccc(/C=C/c2cccc(Nc3cccc(C(=O)NCCC(C)C)c3)c2)cc1. The zero-order valence-electron chi connectivity index (χ0n) is 18.4. The molecule has 1 amide bonds. The fourth-order valence-corrected chi connectivity index (χ4v) is 3.11. The first-order valence-electron chi connectivity index (χ1n) is 10.6. The van der Waals surface area contributed by atoms with Crippen LogP contribution in [0.1, 0.15) is 41.8 Å². The summed E-state index contributed by atoms with van der Waals surface area (Å²) in [7, 11) is 1.67. The maximum Gasteiger partial charge on any atom is 0.251 e. The smallest absolute Gasteiger partial charge is 0.251 e. The third kappa shape index (κ3) is 7.03. The number of benzene rings is 3. The molecule has 2 N–H and O–H groups in total. The highest BCUT2D eigenvalue weighted by atomic mass is 16.5. The molecule has 31 heavy (non-hydrogen) atoms. The van der Waals surface area contributed by atoms with E-state index in [4.69, 9.17) is 4.74 Å². The van der Waals surface area contributed by atoms with E-state index in [1.54, 1.807) is 7.11 Å². The van der Waals surface area contributed by atoms with E-state index in [1.807, 2.05) is 60.7 Å². The van der Waals surface area contributed by atoms with Crippen LogP contribution in [0, 0.1) is 5.92 Å². The summed E-state index contributed by atoms with van der Waals surface area (Å²) in [6, 6.07) is 23.7. The van der Waals surface area contributed by atoms with Gasteiger partial charge in [0, 0.05) is 23.5 Å². The van der Waals surface area contributed by atoms with Crippen molar-refractivity contribution in [2.45, 2.75) is 20.3 Å². The van der Waals surface area contributed by atoms with Gasteiger partial charge in [-0.05, 0) is 65.9 Å². The largest absolute Gasteiger partial charge is 0.497 e. The topological polar surface area (TPSA) is 50.4 Å². The number of carbonyl (C=O) groups is 1. The molecule has 4 nitrogen and oxygen atoms in total. The predicted octanol–water partition coefficient (Wildman–Crippen LogP) is 6.39. The number of hydrogen-bond donors (Lipinski definition) is 2. The van der Waals surface area contributed by atoms with Gasteiger partial charge in [0.2, 0.25) is 0 Å². The Morgan fingerprint density at radius 1 is 0.903 bits per heavy atom. The van der Waals surface area contributed by atoms with Crippen molar-refractivity contribution < 1.29 is 9.53 Å². The van der Waals surface area contributed by atoms with Gasteiger partial charge in [-0.25, -0.2) is 0 Å². The third-order valence-corrected chi connectivity index (χ3v) is 4.89. The lowest BCUT2D eigenvalue weighted by Crippen LogP contribution is -2.25. The first-order valence-corrected chi connectivity index (χ1v) is 10.6. The number of nitrogens with one attached hydrogen (secondary N) is 2. The Morgan fingerprint density at radius 3 is 2.29 bits per heavy atom. The van der Waals surface area contributed by atoms with Crippen molar-refractivity contribution in [2.75, 3.05) is 19.0 Å². The third-order valence-electron chi connectivity index (χ3n) is 4.89. The highest BCUT2D eigenvalue weighted by molar-refractivity contribution is 5.95. The molecule has 0 fully saturated rings. The minimum Gasteiger partial charge on any atom is -0.497 e. The number of methoxy groups -OCH3 is 1. The Bertz CT molecular complexity index is 1020. The highest BCUT2D eigenvalue weighted by Crippen LogP contribution is 2.20. The van der Waals surface area contributed by atoms with Gasteiger partial charge in [0.15, 0.2) is 0 Å². The number of hydrogen-bond acceptors (Lipinski definition) is 3. The fourth-order valence-electron chi connectivity index (χ4n) is 3.11. The minimum absolute atomic E-state index is 0.0412. The van der Waals surface area contributed by atoms with Gasteiger partial charge >= 0.3 is 0 Å². The number of amides is 1. The van der Waals surface area contributed by atoms with Crippen LogP contribution >= 0.6 is 0 Å². The molecule has 3 aromatic carbocycles. The molecule has 0 atom stereocenters. The maximum atomic E-state index is 12.4. The Hall–Kier alpha value is -3.53. The van der Waals surface area contributed by atoms with E-state index < -0.39 is 0 Å². The Labute approximate surface area is 185 Å². The second-order valence-electron chi connectivity index (χ2n) is 7.88. The van der Waals surface area contributed by atoms with E-state index in [1.165, 1.54) is 0 Å². The molecule has 3 aromatic rings. The summed E-state index contributed by atoms with van der Waals surface area (Å²) >= 11 is 0. The summed E-state index contributed by atoms with van der Waals surface area (Å²) < 4.78 is 5.20. The Kier molecular flexibility index (Phi) is 7.88. The average Bonchev–Trinajstić information content (AvgIpc) is 2.78. The molecule has 0 unspecified atom stereocenters. The van der Waals surface area contributed by atoms with Crippen LogP contribution in [-0.2, 0) is 0 Å². The van der Waals surface area contributed by atoms with Gasteiger partial charge in [-0.3, -0.25) is 4.79 Å². The summed E-state index contributed by atoms with van der Waals surface area (Å²) in [5, 5.41) is 6.38. The van der Waals surface area contributed by atoms with Crippen molar-refractivity contribution >= 4 is 29.4 Å². The van der Waals surface area contributed by atoms with Gasteiger partial charge in [0.05, 0.1) is 7.11 Å². The second-order valence-corrected chi connectivity index (χ2v) is 7.88. The van der Waals surface area contributed by atoms with Crippen LogP contribution in [0.4, 0.5) is 11.4 Å². The summed E-state index contributed by atoms with van der Waals surface area (Å²) in [6.07, 6.45) is 5.12. The highest BCUT2D eigenvalue weighted by Gasteiger charge is 2.06. The van der Waals surface area contributed by atoms with Crippen LogP contribution in [-0.4, -0.2) is 19.6 Å². The fraction of sp³-hybridized carbons (Fsp3) is 0.222. The van der Waals surface area contributed by atoms with E-state index in [2.05, 4.69) is 48.8 Å². The van der Waals surface area contributed by atoms with E-state index in [-0.39, 0.29) is 5.91 Å². The van der Waals surface area contributed by atoms with Crippen molar-refractivity contribution in [2.24, 2.45) is 5.92 Å². The number of anilines is 2. The number of carbonyl (C=O) groups excluding carboxylic acids is 1. The van der Waals surface area contributed by atoms with E-state index >= 15 is 0 Å². The van der Waals surface area contributed by atoms with E-state index in [0.29, 0.717) is 18.0 Å². The molecule has 0 aliphatic heterocycles. The van der Waals surface area contributed by atoms with Crippen molar-refractivity contribution in [3.05, 3.63) is 89.5 Å². The first-order chi connectivity index (χ1) is 15.0. The van der Waals surface area contributed by atoms with Gasteiger partial charge in [-0.1, -0.05) is 56.3 Å². The molecule has 0 radical (unpaired) electrons. The zero-order valence-corrected chi connectivity index (χ0v) is 18.4. The van der Waals surface area contributed by atoms with Crippen LogP contribution < -0.4 is 15.4 Å².